The van der Waals surface area contributed by atoms with Crippen LogP contribution >= 0.6 is 0 Å². The van der Waals surface area contributed by atoms with Crippen molar-refractivity contribution in [2.45, 2.75) is 31.5 Å². The second kappa shape index (κ2) is 6.57. The monoisotopic (exact) mass is 354 g/mol. The fourth-order valence-corrected chi connectivity index (χ4v) is 3.90. The number of imidazole rings is 1. The maximum absolute atomic E-state index is 12.7. The molecule has 0 saturated carbocycles. The summed E-state index contributed by atoms with van der Waals surface area (Å²) in [5.74, 6) is 0.738. The molecule has 1 aromatic carbocycles. The predicted molar refractivity (Wildman–Crippen MR) is 94.2 cm³/mol. The standard InChI is InChI=1S/C19H22N4O3/c1-14-20-8-10-22(14)12-18(25)23-9-7-19(15-5-3-2-4-6-15)16(11-23)26-13-17(24)21-19/h2-6,8,10,16H,7,9,11-13H2,1H3,(H,21,24)/t16-,19+/m1/s1. The summed E-state index contributed by atoms with van der Waals surface area (Å²) < 4.78 is 7.70. The lowest BCUT2D eigenvalue weighted by Gasteiger charge is -2.50. The van der Waals surface area contributed by atoms with Gasteiger partial charge in [-0.1, -0.05) is 30.3 Å². The number of fused-ring (bicyclic) bond motifs is 1. The third-order valence-corrected chi connectivity index (χ3v) is 5.36. The Balaban J connectivity index is 1.55. The molecule has 3 heterocycles. The first-order chi connectivity index (χ1) is 12.6. The van der Waals surface area contributed by atoms with E-state index in [0.717, 1.165) is 11.4 Å². The Hall–Kier alpha value is -2.67. The Morgan fingerprint density at radius 1 is 1.38 bits per heavy atom. The fraction of sp³-hybridized carbons (Fsp3) is 0.421. The number of hydrogen-bond donors (Lipinski definition) is 1. The molecule has 2 amide bonds. The molecule has 2 atom stereocenters. The number of nitrogens with zero attached hydrogens (tertiary/aromatic N) is 3. The molecule has 2 fully saturated rings. The number of carbonyl (C=O) groups is 2. The number of carbonyl (C=O) groups excluding carboxylic acids is 2. The van der Waals surface area contributed by atoms with E-state index < -0.39 is 5.54 Å². The number of ether oxygens (including phenoxy) is 1. The minimum atomic E-state index is -0.571. The third kappa shape index (κ3) is 2.88. The van der Waals surface area contributed by atoms with E-state index in [1.54, 1.807) is 6.20 Å². The quantitative estimate of drug-likeness (QED) is 0.886. The molecule has 7 heteroatoms. The van der Waals surface area contributed by atoms with E-state index in [0.29, 0.717) is 19.5 Å². The average molecular weight is 354 g/mol. The molecular weight excluding hydrogens is 332 g/mol. The number of benzene rings is 1. The zero-order valence-corrected chi connectivity index (χ0v) is 14.7. The molecule has 136 valence electrons. The number of aromatic nitrogens is 2. The van der Waals surface area contributed by atoms with Gasteiger partial charge in [-0.2, -0.15) is 0 Å². The molecule has 0 bridgehead atoms. The van der Waals surface area contributed by atoms with E-state index in [2.05, 4.69) is 10.3 Å². The van der Waals surface area contributed by atoms with Crippen LogP contribution in [0.5, 0.6) is 0 Å². The van der Waals surface area contributed by atoms with Gasteiger partial charge in [0.1, 0.15) is 25.1 Å². The number of amides is 2. The van der Waals surface area contributed by atoms with Crippen LogP contribution in [0.2, 0.25) is 0 Å². The number of aryl methyl sites for hydroxylation is 1. The molecule has 1 aromatic heterocycles. The van der Waals surface area contributed by atoms with Crippen LogP contribution in [0.4, 0.5) is 0 Å². The number of morpholine rings is 1. The van der Waals surface area contributed by atoms with Crippen molar-refractivity contribution in [1.29, 1.82) is 0 Å². The Morgan fingerprint density at radius 2 is 2.19 bits per heavy atom. The van der Waals surface area contributed by atoms with Crippen molar-refractivity contribution in [3.63, 3.8) is 0 Å². The summed E-state index contributed by atoms with van der Waals surface area (Å²) in [6.45, 7) is 3.21. The van der Waals surface area contributed by atoms with E-state index in [1.807, 2.05) is 52.9 Å². The van der Waals surface area contributed by atoms with Crippen LogP contribution in [-0.4, -0.2) is 52.1 Å². The molecular formula is C19H22N4O3. The van der Waals surface area contributed by atoms with Gasteiger partial charge in [0.15, 0.2) is 0 Å². The summed E-state index contributed by atoms with van der Waals surface area (Å²) >= 11 is 0. The largest absolute Gasteiger partial charge is 0.364 e. The molecule has 2 aliphatic heterocycles. The van der Waals surface area contributed by atoms with Crippen molar-refractivity contribution in [1.82, 2.24) is 19.8 Å². The van der Waals surface area contributed by atoms with Gasteiger partial charge in [0.05, 0.1) is 5.54 Å². The highest BCUT2D eigenvalue weighted by atomic mass is 16.5. The maximum atomic E-state index is 12.7. The topological polar surface area (TPSA) is 76.5 Å². The minimum absolute atomic E-state index is 0.0297. The smallest absolute Gasteiger partial charge is 0.246 e. The SMILES string of the molecule is Cc1nccn1CC(=O)N1CC[C@@]2(c3ccccc3)NC(=O)CO[C@@H]2C1. The van der Waals surface area contributed by atoms with E-state index in [1.165, 1.54) is 0 Å². The predicted octanol–water partition coefficient (Wildman–Crippen LogP) is 0.834. The molecule has 0 aliphatic carbocycles. The Labute approximate surface area is 152 Å². The Morgan fingerprint density at radius 3 is 2.92 bits per heavy atom. The molecule has 1 N–H and O–H groups in total. The van der Waals surface area contributed by atoms with Crippen LogP contribution in [0.1, 0.15) is 17.8 Å². The van der Waals surface area contributed by atoms with Gasteiger partial charge in [-0.05, 0) is 18.9 Å². The first kappa shape index (κ1) is 16.8. The number of likely N-dealkylation sites (tertiary alicyclic amines) is 1. The Bertz CT molecular complexity index is 819. The highest BCUT2D eigenvalue weighted by Crippen LogP contribution is 2.37. The van der Waals surface area contributed by atoms with E-state index in [-0.39, 0.29) is 31.1 Å². The van der Waals surface area contributed by atoms with Crippen LogP contribution in [0.3, 0.4) is 0 Å². The minimum Gasteiger partial charge on any atom is -0.364 e. The first-order valence-corrected chi connectivity index (χ1v) is 8.82. The summed E-state index contributed by atoms with van der Waals surface area (Å²) in [6.07, 6.45) is 3.87. The van der Waals surface area contributed by atoms with Crippen LogP contribution in [0.15, 0.2) is 42.7 Å². The summed E-state index contributed by atoms with van der Waals surface area (Å²) in [5.41, 5.74) is 0.453. The molecule has 0 radical (unpaired) electrons. The second-order valence-electron chi connectivity index (χ2n) is 6.88. The van der Waals surface area contributed by atoms with E-state index in [4.69, 9.17) is 4.74 Å². The van der Waals surface area contributed by atoms with Crippen LogP contribution in [-0.2, 0) is 26.4 Å². The normalized spacial score (nSPS) is 25.5. The summed E-state index contributed by atoms with van der Waals surface area (Å²) in [5, 5.41) is 3.15. The third-order valence-electron chi connectivity index (χ3n) is 5.36. The summed E-state index contributed by atoms with van der Waals surface area (Å²) in [6, 6.07) is 9.89. The Kier molecular flexibility index (Phi) is 4.24. The fourth-order valence-electron chi connectivity index (χ4n) is 3.90. The molecule has 26 heavy (non-hydrogen) atoms. The second-order valence-corrected chi connectivity index (χ2v) is 6.88. The van der Waals surface area contributed by atoms with Gasteiger partial charge in [0.2, 0.25) is 11.8 Å². The van der Waals surface area contributed by atoms with Crippen molar-refractivity contribution in [3.05, 3.63) is 54.1 Å². The van der Waals surface area contributed by atoms with Crippen LogP contribution in [0.25, 0.3) is 0 Å². The molecule has 2 saturated heterocycles. The van der Waals surface area contributed by atoms with Crippen molar-refractivity contribution < 1.29 is 14.3 Å². The van der Waals surface area contributed by atoms with Gasteiger partial charge in [-0.25, -0.2) is 4.98 Å². The molecule has 7 nitrogen and oxygen atoms in total. The zero-order valence-electron chi connectivity index (χ0n) is 14.7. The zero-order chi connectivity index (χ0) is 18.1. The van der Waals surface area contributed by atoms with E-state index >= 15 is 0 Å². The summed E-state index contributed by atoms with van der Waals surface area (Å²) in [4.78, 5) is 30.7. The highest BCUT2D eigenvalue weighted by molar-refractivity contribution is 5.80. The summed E-state index contributed by atoms with van der Waals surface area (Å²) in [7, 11) is 0. The molecule has 4 rings (SSSR count). The van der Waals surface area contributed by atoms with Crippen molar-refractivity contribution in [3.8, 4) is 0 Å². The van der Waals surface area contributed by atoms with Crippen LogP contribution in [0, 0.1) is 6.92 Å². The van der Waals surface area contributed by atoms with Gasteiger partial charge in [-0.3, -0.25) is 9.59 Å². The molecule has 2 aliphatic rings. The lowest BCUT2D eigenvalue weighted by Crippen LogP contribution is -2.67. The van der Waals surface area contributed by atoms with Gasteiger partial charge in [-0.15, -0.1) is 0 Å². The van der Waals surface area contributed by atoms with Crippen molar-refractivity contribution in [2.75, 3.05) is 19.7 Å². The highest BCUT2D eigenvalue weighted by Gasteiger charge is 2.49. The first-order valence-electron chi connectivity index (χ1n) is 8.82. The molecule has 0 spiro atoms. The number of nitrogens with one attached hydrogen (secondary N) is 1. The maximum Gasteiger partial charge on any atom is 0.246 e. The average Bonchev–Trinajstić information content (AvgIpc) is 3.06. The van der Waals surface area contributed by atoms with Gasteiger partial charge < -0.3 is 19.5 Å². The lowest BCUT2D eigenvalue weighted by molar-refractivity contribution is -0.157. The van der Waals surface area contributed by atoms with Crippen molar-refractivity contribution in [2.24, 2.45) is 0 Å². The van der Waals surface area contributed by atoms with Gasteiger partial charge >= 0.3 is 0 Å². The van der Waals surface area contributed by atoms with Crippen LogP contribution < -0.4 is 5.32 Å². The lowest BCUT2D eigenvalue weighted by atomic mass is 9.77. The molecule has 0 unspecified atom stereocenters. The van der Waals surface area contributed by atoms with E-state index in [9.17, 15) is 9.59 Å². The molecule has 2 aromatic rings. The number of hydrogen-bond acceptors (Lipinski definition) is 4. The van der Waals surface area contributed by atoms with Gasteiger partial charge in [0, 0.05) is 25.5 Å². The number of piperidine rings is 1. The number of rotatable bonds is 3. The van der Waals surface area contributed by atoms with Crippen molar-refractivity contribution >= 4 is 11.8 Å². The van der Waals surface area contributed by atoms with Gasteiger partial charge in [0.25, 0.3) is 0 Å².